The van der Waals surface area contributed by atoms with Gasteiger partial charge in [0.1, 0.15) is 4.90 Å². The number of fused-ring (bicyclic) bond motifs is 1. The molecule has 0 saturated heterocycles. The lowest BCUT2D eigenvalue weighted by molar-refractivity contribution is 0.0995. The first-order valence-corrected chi connectivity index (χ1v) is 11.4. The van der Waals surface area contributed by atoms with E-state index < -0.39 is 10.0 Å². The van der Waals surface area contributed by atoms with Crippen molar-refractivity contribution in [2.24, 2.45) is 0 Å². The predicted octanol–water partition coefficient (Wildman–Crippen LogP) is 3.96. The van der Waals surface area contributed by atoms with Crippen LogP contribution in [0.4, 0.5) is 0 Å². The van der Waals surface area contributed by atoms with E-state index in [1.54, 1.807) is 32.2 Å². The van der Waals surface area contributed by atoms with Crippen molar-refractivity contribution < 1.29 is 13.2 Å². The maximum absolute atomic E-state index is 12.8. The van der Waals surface area contributed by atoms with Crippen LogP contribution in [0.3, 0.4) is 0 Å². The van der Waals surface area contributed by atoms with Gasteiger partial charge in [-0.05, 0) is 25.1 Å². The highest BCUT2D eigenvalue weighted by atomic mass is 32.2. The van der Waals surface area contributed by atoms with E-state index in [0.717, 1.165) is 10.9 Å². The maximum Gasteiger partial charge on any atom is 0.244 e. The Labute approximate surface area is 169 Å². The van der Waals surface area contributed by atoms with Gasteiger partial charge in [0.05, 0.1) is 10.3 Å². The summed E-state index contributed by atoms with van der Waals surface area (Å²) in [5.41, 5.74) is 1.57. The number of para-hydroxylation sites is 1. The third-order valence-electron chi connectivity index (χ3n) is 4.57. The Balaban J connectivity index is 1.76. The Bertz CT molecular complexity index is 1070. The van der Waals surface area contributed by atoms with E-state index in [2.05, 4.69) is 9.97 Å². The van der Waals surface area contributed by atoms with Crippen molar-refractivity contribution in [1.29, 1.82) is 0 Å². The average Bonchev–Trinajstić information content (AvgIpc) is 3.12. The van der Waals surface area contributed by atoms with Gasteiger partial charge in [-0.2, -0.15) is 4.31 Å². The Kier molecular flexibility index (Phi) is 6.22. The molecule has 6 nitrogen and oxygen atoms in total. The zero-order valence-electron chi connectivity index (χ0n) is 16.0. The molecule has 0 aliphatic rings. The van der Waals surface area contributed by atoms with Gasteiger partial charge in [-0.15, -0.1) is 0 Å². The number of sulfonamides is 1. The zero-order valence-corrected chi connectivity index (χ0v) is 17.7. The van der Waals surface area contributed by atoms with E-state index in [-0.39, 0.29) is 15.9 Å². The first kappa shape index (κ1) is 20.6. The minimum atomic E-state index is -3.53. The summed E-state index contributed by atoms with van der Waals surface area (Å²) in [6.45, 7) is 6.25. The molecule has 3 rings (SSSR count). The van der Waals surface area contributed by atoms with Crippen molar-refractivity contribution >= 4 is 38.5 Å². The Morgan fingerprint density at radius 3 is 2.54 bits per heavy atom. The Morgan fingerprint density at radius 2 is 1.89 bits per heavy atom. The number of nitrogens with zero attached hydrogens (tertiary/aromatic N) is 2. The SMILES string of the molecule is CCN(CC)S(=O)(=O)c1ccc(S[C@@H](C)C(=O)c2c[nH]c3ccccc23)nc1. The third kappa shape index (κ3) is 3.99. The van der Waals surface area contributed by atoms with Crippen LogP contribution in [0.25, 0.3) is 10.9 Å². The van der Waals surface area contributed by atoms with E-state index in [4.69, 9.17) is 0 Å². The number of H-pyrrole nitrogens is 1. The number of aromatic amines is 1. The van der Waals surface area contributed by atoms with Crippen LogP contribution in [0.1, 0.15) is 31.1 Å². The summed E-state index contributed by atoms with van der Waals surface area (Å²) in [6.07, 6.45) is 3.09. The number of carbonyl (C=O) groups excluding carboxylic acids is 1. The zero-order chi connectivity index (χ0) is 20.3. The topological polar surface area (TPSA) is 83.1 Å². The number of thioether (sulfide) groups is 1. The fourth-order valence-electron chi connectivity index (χ4n) is 3.03. The first-order valence-electron chi connectivity index (χ1n) is 9.11. The molecule has 0 radical (unpaired) electrons. The monoisotopic (exact) mass is 417 g/mol. The van der Waals surface area contributed by atoms with Crippen LogP contribution in [-0.4, -0.2) is 46.8 Å². The van der Waals surface area contributed by atoms with Crippen LogP contribution < -0.4 is 0 Å². The number of aromatic nitrogens is 2. The van der Waals surface area contributed by atoms with Gasteiger partial charge in [-0.3, -0.25) is 4.79 Å². The number of rotatable bonds is 8. The van der Waals surface area contributed by atoms with Crippen molar-refractivity contribution in [3.8, 4) is 0 Å². The average molecular weight is 418 g/mol. The highest BCUT2D eigenvalue weighted by Gasteiger charge is 2.23. The number of carbonyl (C=O) groups is 1. The summed E-state index contributed by atoms with van der Waals surface area (Å²) in [6, 6.07) is 10.9. The van der Waals surface area contributed by atoms with Gasteiger partial charge >= 0.3 is 0 Å². The summed E-state index contributed by atoms with van der Waals surface area (Å²) >= 11 is 1.31. The largest absolute Gasteiger partial charge is 0.360 e. The summed E-state index contributed by atoms with van der Waals surface area (Å²) in [5, 5.41) is 1.16. The molecule has 2 heterocycles. The fraction of sp³-hybridized carbons (Fsp3) is 0.300. The Hall–Kier alpha value is -2.16. The molecule has 28 heavy (non-hydrogen) atoms. The Morgan fingerprint density at radius 1 is 1.18 bits per heavy atom. The molecule has 0 unspecified atom stereocenters. The molecule has 1 aromatic carbocycles. The van der Waals surface area contributed by atoms with E-state index in [1.807, 2.05) is 31.2 Å². The summed E-state index contributed by atoms with van der Waals surface area (Å²) < 4.78 is 26.5. The molecule has 8 heteroatoms. The number of hydrogen-bond acceptors (Lipinski definition) is 5. The quantitative estimate of drug-likeness (QED) is 0.443. The van der Waals surface area contributed by atoms with E-state index in [9.17, 15) is 13.2 Å². The number of ketones is 1. The molecular weight excluding hydrogens is 394 g/mol. The first-order chi connectivity index (χ1) is 13.4. The summed E-state index contributed by atoms with van der Waals surface area (Å²) in [4.78, 5) is 20.4. The molecule has 0 aliphatic heterocycles. The molecule has 0 spiro atoms. The molecule has 0 fully saturated rings. The van der Waals surface area contributed by atoms with Gasteiger partial charge in [-0.25, -0.2) is 13.4 Å². The van der Waals surface area contributed by atoms with E-state index in [0.29, 0.717) is 23.7 Å². The highest BCUT2D eigenvalue weighted by molar-refractivity contribution is 8.00. The smallest absolute Gasteiger partial charge is 0.244 e. The van der Waals surface area contributed by atoms with E-state index in [1.165, 1.54) is 22.3 Å². The summed E-state index contributed by atoms with van der Waals surface area (Å²) in [5.74, 6) is 0.00379. The van der Waals surface area contributed by atoms with Crippen LogP contribution in [0.2, 0.25) is 0 Å². The third-order valence-corrected chi connectivity index (χ3v) is 7.66. The van der Waals surface area contributed by atoms with Crippen molar-refractivity contribution in [2.45, 2.75) is 35.9 Å². The maximum atomic E-state index is 12.8. The van der Waals surface area contributed by atoms with Crippen LogP contribution in [0.15, 0.2) is 58.7 Å². The molecule has 1 atom stereocenters. The van der Waals surface area contributed by atoms with Crippen LogP contribution >= 0.6 is 11.8 Å². The fourth-order valence-corrected chi connectivity index (χ4v) is 5.29. The molecular formula is C20H23N3O3S2. The molecule has 0 aliphatic carbocycles. The lowest BCUT2D eigenvalue weighted by Gasteiger charge is -2.18. The minimum Gasteiger partial charge on any atom is -0.360 e. The number of pyridine rings is 1. The van der Waals surface area contributed by atoms with Gasteiger partial charge in [0, 0.05) is 41.9 Å². The van der Waals surface area contributed by atoms with Gasteiger partial charge in [0.25, 0.3) is 0 Å². The van der Waals surface area contributed by atoms with Crippen molar-refractivity contribution in [3.05, 3.63) is 54.4 Å². The molecule has 0 amide bonds. The molecule has 0 bridgehead atoms. The van der Waals surface area contributed by atoms with Gasteiger partial charge in [0.15, 0.2) is 5.78 Å². The van der Waals surface area contributed by atoms with E-state index >= 15 is 0 Å². The second kappa shape index (κ2) is 8.46. The predicted molar refractivity (Wildman–Crippen MR) is 112 cm³/mol. The van der Waals surface area contributed by atoms with Gasteiger partial charge in [0.2, 0.25) is 10.0 Å². The lowest BCUT2D eigenvalue weighted by Crippen LogP contribution is -2.30. The number of nitrogens with one attached hydrogen (secondary N) is 1. The van der Waals surface area contributed by atoms with Gasteiger partial charge in [-0.1, -0.05) is 43.8 Å². The molecule has 3 aromatic rings. The number of hydrogen-bond donors (Lipinski definition) is 1. The van der Waals surface area contributed by atoms with Crippen LogP contribution in [0.5, 0.6) is 0 Å². The standard InChI is InChI=1S/C20H23N3O3S2/c1-4-23(5-2)28(25,26)15-10-11-19(22-12-15)27-14(3)20(24)17-13-21-18-9-7-6-8-16(17)18/h6-14,21H,4-5H2,1-3H3/t14-/m0/s1. The normalized spacial score (nSPS) is 13.1. The molecule has 1 N–H and O–H groups in total. The molecule has 0 saturated carbocycles. The van der Waals surface area contributed by atoms with Crippen LogP contribution in [-0.2, 0) is 10.0 Å². The molecule has 2 aromatic heterocycles. The number of Topliss-reactive ketones (excluding diaryl/α,β-unsaturated/α-hetero) is 1. The molecule has 148 valence electrons. The second-order valence-electron chi connectivity index (χ2n) is 6.29. The minimum absolute atomic E-state index is 0.00379. The number of benzene rings is 1. The highest BCUT2D eigenvalue weighted by Crippen LogP contribution is 2.28. The lowest BCUT2D eigenvalue weighted by atomic mass is 10.1. The van der Waals surface area contributed by atoms with Crippen molar-refractivity contribution in [2.75, 3.05) is 13.1 Å². The second-order valence-corrected chi connectivity index (χ2v) is 9.59. The summed E-state index contributed by atoms with van der Waals surface area (Å²) in [7, 11) is -3.53. The van der Waals surface area contributed by atoms with Crippen LogP contribution in [0, 0.1) is 0 Å². The van der Waals surface area contributed by atoms with Crippen molar-refractivity contribution in [1.82, 2.24) is 14.3 Å². The van der Waals surface area contributed by atoms with Gasteiger partial charge < -0.3 is 4.98 Å². The van der Waals surface area contributed by atoms with Crippen molar-refractivity contribution in [3.63, 3.8) is 0 Å².